The van der Waals surface area contributed by atoms with E-state index in [0.29, 0.717) is 17.4 Å². The largest absolute Gasteiger partial charge is 0.868 e. The van der Waals surface area contributed by atoms with Gasteiger partial charge in [0.1, 0.15) is 6.54 Å². The van der Waals surface area contributed by atoms with Crippen LogP contribution in [0.1, 0.15) is 11.1 Å². The first kappa shape index (κ1) is 20.1. The molecule has 1 aliphatic heterocycles. The summed E-state index contributed by atoms with van der Waals surface area (Å²) < 4.78 is 0. The molecule has 3 amide bonds. The highest BCUT2D eigenvalue weighted by atomic mass is 32.2. The zero-order chi connectivity index (χ0) is 21.1. The van der Waals surface area contributed by atoms with E-state index in [0.717, 1.165) is 22.6 Å². The van der Waals surface area contributed by atoms with Crippen molar-refractivity contribution in [1.29, 1.82) is 0 Å². The minimum atomic E-state index is -0.818. The first-order valence-electron chi connectivity index (χ1n) is 8.32. The van der Waals surface area contributed by atoms with Gasteiger partial charge in [0.15, 0.2) is 0 Å². The molecule has 3 rings (SSSR count). The summed E-state index contributed by atoms with van der Waals surface area (Å²) >= 11 is 0.616. The lowest BCUT2D eigenvalue weighted by atomic mass is 10.1. The number of anilines is 1. The predicted molar refractivity (Wildman–Crippen MR) is 105 cm³/mol. The molecule has 0 atom stereocenters. The van der Waals surface area contributed by atoms with Gasteiger partial charge in [-0.3, -0.25) is 29.4 Å². The van der Waals surface area contributed by atoms with Gasteiger partial charge in [0, 0.05) is 11.8 Å². The van der Waals surface area contributed by atoms with Crippen LogP contribution in [0.5, 0.6) is 5.75 Å². The highest BCUT2D eigenvalue weighted by Crippen LogP contribution is 2.33. The average molecular weight is 412 g/mol. The third-order valence-corrected chi connectivity index (χ3v) is 4.86. The van der Waals surface area contributed by atoms with Crippen LogP contribution >= 0.6 is 11.8 Å². The molecule has 2 aromatic rings. The highest BCUT2D eigenvalue weighted by molar-refractivity contribution is 8.18. The third kappa shape index (κ3) is 4.61. The number of thioether (sulfide) groups is 1. The van der Waals surface area contributed by atoms with Crippen LogP contribution < -0.4 is 10.4 Å². The Labute approximate surface area is 169 Å². The van der Waals surface area contributed by atoms with Crippen molar-refractivity contribution in [3.8, 4) is 5.75 Å². The third-order valence-electron chi connectivity index (χ3n) is 3.95. The van der Waals surface area contributed by atoms with E-state index in [-0.39, 0.29) is 10.5 Å². The molecule has 9 nitrogen and oxygen atoms in total. The van der Waals surface area contributed by atoms with Crippen LogP contribution in [0.3, 0.4) is 0 Å². The summed E-state index contributed by atoms with van der Waals surface area (Å²) in [4.78, 5) is 47.7. The number of hydrogen-bond donors (Lipinski definition) is 1. The minimum absolute atomic E-state index is 0.00584. The zero-order valence-electron chi connectivity index (χ0n) is 15.1. The molecule has 1 fully saturated rings. The van der Waals surface area contributed by atoms with Crippen molar-refractivity contribution in [1.82, 2.24) is 4.90 Å². The van der Waals surface area contributed by atoms with Gasteiger partial charge < -0.3 is 10.4 Å². The molecule has 1 aliphatic rings. The van der Waals surface area contributed by atoms with E-state index in [1.54, 1.807) is 18.2 Å². The fourth-order valence-corrected chi connectivity index (χ4v) is 3.46. The summed E-state index contributed by atoms with van der Waals surface area (Å²) in [5, 5.41) is 24.3. The first-order chi connectivity index (χ1) is 13.7. The van der Waals surface area contributed by atoms with Crippen LogP contribution in [0.4, 0.5) is 16.2 Å². The van der Waals surface area contributed by atoms with Crippen molar-refractivity contribution >= 4 is 46.3 Å². The van der Waals surface area contributed by atoms with Gasteiger partial charge in [-0.05, 0) is 53.8 Å². The van der Waals surface area contributed by atoms with Crippen molar-refractivity contribution in [3.63, 3.8) is 0 Å². The summed E-state index contributed by atoms with van der Waals surface area (Å²) in [7, 11) is 0. The molecule has 0 unspecified atom stereocenters. The molecule has 2 aromatic carbocycles. The van der Waals surface area contributed by atoms with Gasteiger partial charge in [-0.2, -0.15) is 0 Å². The number of amides is 3. The van der Waals surface area contributed by atoms with Gasteiger partial charge >= 0.3 is 0 Å². The second-order valence-corrected chi connectivity index (χ2v) is 7.16. The second kappa shape index (κ2) is 8.15. The smallest absolute Gasteiger partial charge is 0.294 e. The quantitative estimate of drug-likeness (QED) is 0.453. The number of rotatable bonds is 5. The Hall–Kier alpha value is -3.66. The monoisotopic (exact) mass is 412 g/mol. The summed E-state index contributed by atoms with van der Waals surface area (Å²) in [6, 6.07) is 10.4. The lowest BCUT2D eigenvalue weighted by Gasteiger charge is -2.12. The molecule has 0 aliphatic carbocycles. The van der Waals surface area contributed by atoms with Crippen LogP contribution in [-0.2, 0) is 9.59 Å². The number of nitrogens with one attached hydrogen (secondary N) is 1. The molecule has 1 heterocycles. The minimum Gasteiger partial charge on any atom is -0.868 e. The van der Waals surface area contributed by atoms with Gasteiger partial charge in [-0.15, -0.1) is 0 Å². The van der Waals surface area contributed by atoms with Crippen molar-refractivity contribution in [2.24, 2.45) is 0 Å². The van der Waals surface area contributed by atoms with Crippen LogP contribution in [0.15, 0.2) is 47.4 Å². The molecular weight excluding hydrogens is 398 g/mol. The van der Waals surface area contributed by atoms with E-state index in [1.807, 2.05) is 13.0 Å². The van der Waals surface area contributed by atoms with Crippen LogP contribution in [0.2, 0.25) is 0 Å². The molecule has 10 heteroatoms. The predicted octanol–water partition coefficient (Wildman–Crippen LogP) is 2.65. The van der Waals surface area contributed by atoms with E-state index < -0.39 is 40.0 Å². The Morgan fingerprint density at radius 2 is 2.00 bits per heavy atom. The number of nitro benzene ring substituents is 1. The second-order valence-electron chi connectivity index (χ2n) is 6.17. The molecule has 148 valence electrons. The van der Waals surface area contributed by atoms with Gasteiger partial charge in [0.2, 0.25) is 5.91 Å². The average Bonchev–Trinajstić information content (AvgIpc) is 2.90. The summed E-state index contributed by atoms with van der Waals surface area (Å²) in [5.41, 5.74) is 1.08. The van der Waals surface area contributed by atoms with E-state index in [1.165, 1.54) is 12.1 Å². The number of benzene rings is 2. The fourth-order valence-electron chi connectivity index (χ4n) is 2.62. The van der Waals surface area contributed by atoms with Crippen molar-refractivity contribution in [3.05, 3.63) is 68.6 Å². The fraction of sp³-hybridized carbons (Fsp3) is 0.105. The van der Waals surface area contributed by atoms with E-state index in [4.69, 9.17) is 0 Å². The number of hydrogen-bond acceptors (Lipinski definition) is 7. The molecule has 29 heavy (non-hydrogen) atoms. The Balaban J connectivity index is 1.74. The molecule has 0 aromatic heterocycles. The Kier molecular flexibility index (Phi) is 5.64. The number of carbonyl (C=O) groups is 3. The summed E-state index contributed by atoms with van der Waals surface area (Å²) in [6.45, 7) is 1.40. The number of imide groups is 1. The maximum atomic E-state index is 12.5. The molecule has 1 saturated heterocycles. The van der Waals surface area contributed by atoms with Crippen LogP contribution in [-0.4, -0.2) is 33.4 Å². The van der Waals surface area contributed by atoms with E-state index >= 15 is 0 Å². The number of nitrogens with zero attached hydrogens (tertiary/aromatic N) is 2. The van der Waals surface area contributed by atoms with Gasteiger partial charge in [0.05, 0.1) is 9.83 Å². The Morgan fingerprint density at radius 1 is 1.24 bits per heavy atom. The topological polar surface area (TPSA) is 133 Å². The molecular formula is C19H14N3O6S-. The van der Waals surface area contributed by atoms with E-state index in [9.17, 15) is 29.6 Å². The maximum Gasteiger partial charge on any atom is 0.294 e. The SMILES string of the molecule is Cc1cccc(NC(=O)CN2C(=O)S/C(=C\c3ccc([O-])c([N+](=O)[O-])c3)C2=O)c1. The van der Waals surface area contributed by atoms with Gasteiger partial charge in [0.25, 0.3) is 16.8 Å². The first-order valence-corrected chi connectivity index (χ1v) is 9.13. The molecule has 0 saturated carbocycles. The number of nitro groups is 1. The van der Waals surface area contributed by atoms with Gasteiger partial charge in [-0.25, -0.2) is 0 Å². The maximum absolute atomic E-state index is 12.5. The number of carbonyl (C=O) groups excluding carboxylic acids is 3. The normalized spacial score (nSPS) is 15.1. The summed E-state index contributed by atoms with van der Waals surface area (Å²) in [6.07, 6.45) is 1.27. The van der Waals surface area contributed by atoms with Crippen molar-refractivity contribution in [2.75, 3.05) is 11.9 Å². The standard InChI is InChI=1S/C19H15N3O6S/c1-11-3-2-4-13(7-11)20-17(24)10-21-18(25)16(29-19(21)26)9-12-5-6-15(23)14(8-12)22(27)28/h2-9,23H,10H2,1H3,(H,20,24)/p-1/b16-9-. The van der Waals surface area contributed by atoms with E-state index in [2.05, 4.69) is 5.32 Å². The summed E-state index contributed by atoms with van der Waals surface area (Å²) in [5.74, 6) is -1.98. The zero-order valence-corrected chi connectivity index (χ0v) is 15.9. The molecule has 0 radical (unpaired) electrons. The van der Waals surface area contributed by atoms with Gasteiger partial charge in [-0.1, -0.05) is 24.3 Å². The Bertz CT molecular complexity index is 1070. The Morgan fingerprint density at radius 3 is 2.69 bits per heavy atom. The lowest BCUT2D eigenvalue weighted by molar-refractivity contribution is -0.398. The van der Waals surface area contributed by atoms with Crippen molar-refractivity contribution < 1.29 is 24.4 Å². The van der Waals surface area contributed by atoms with Crippen LogP contribution in [0.25, 0.3) is 6.08 Å². The van der Waals surface area contributed by atoms with Crippen LogP contribution in [0, 0.1) is 17.0 Å². The molecule has 1 N–H and O–H groups in total. The number of aryl methyl sites for hydroxylation is 1. The molecule has 0 bridgehead atoms. The lowest BCUT2D eigenvalue weighted by Crippen LogP contribution is -2.36. The molecule has 0 spiro atoms. The van der Waals surface area contributed by atoms with Crippen molar-refractivity contribution in [2.45, 2.75) is 6.92 Å². The highest BCUT2D eigenvalue weighted by Gasteiger charge is 2.36.